The first-order chi connectivity index (χ1) is 6.33. The van der Waals surface area contributed by atoms with Crippen molar-refractivity contribution in [3.05, 3.63) is 0 Å². The standard InChI is InChI=1S/C13H27N/c1-8-9-13(7,14-11(4)5)12(6)10(2)3/h10,12H,8-9H2,1-7H3. The molecule has 0 heterocycles. The van der Waals surface area contributed by atoms with Crippen molar-refractivity contribution in [3.63, 3.8) is 0 Å². The fraction of sp³-hybridized carbons (Fsp3) is 0.923. The maximum Gasteiger partial charge on any atom is 0.0607 e. The predicted octanol–water partition coefficient (Wildman–Crippen LogP) is 4.32. The van der Waals surface area contributed by atoms with E-state index >= 15 is 0 Å². The molecule has 0 aliphatic heterocycles. The van der Waals surface area contributed by atoms with Gasteiger partial charge in [-0.15, -0.1) is 0 Å². The van der Waals surface area contributed by atoms with Gasteiger partial charge in [0.15, 0.2) is 0 Å². The molecule has 0 aromatic heterocycles. The van der Waals surface area contributed by atoms with Gasteiger partial charge in [0, 0.05) is 5.71 Å². The minimum absolute atomic E-state index is 0.141. The lowest BCUT2D eigenvalue weighted by atomic mass is 9.77. The van der Waals surface area contributed by atoms with Crippen LogP contribution >= 0.6 is 0 Å². The Hall–Kier alpha value is -0.330. The lowest BCUT2D eigenvalue weighted by Crippen LogP contribution is -2.34. The van der Waals surface area contributed by atoms with Crippen molar-refractivity contribution in [2.45, 2.75) is 66.8 Å². The monoisotopic (exact) mass is 197 g/mol. The van der Waals surface area contributed by atoms with Gasteiger partial charge in [0.2, 0.25) is 0 Å². The van der Waals surface area contributed by atoms with Crippen LogP contribution < -0.4 is 0 Å². The highest BCUT2D eigenvalue weighted by atomic mass is 14.9. The van der Waals surface area contributed by atoms with Crippen LogP contribution in [0.2, 0.25) is 0 Å². The Morgan fingerprint density at radius 2 is 1.71 bits per heavy atom. The van der Waals surface area contributed by atoms with Crippen molar-refractivity contribution in [2.24, 2.45) is 16.8 Å². The first-order valence-corrected chi connectivity index (χ1v) is 5.86. The largest absolute Gasteiger partial charge is 0.288 e. The summed E-state index contributed by atoms with van der Waals surface area (Å²) in [5.41, 5.74) is 1.34. The van der Waals surface area contributed by atoms with Crippen LogP contribution in [-0.4, -0.2) is 11.3 Å². The van der Waals surface area contributed by atoms with Crippen LogP contribution in [0.5, 0.6) is 0 Å². The summed E-state index contributed by atoms with van der Waals surface area (Å²) in [6.45, 7) is 15.6. The van der Waals surface area contributed by atoms with Gasteiger partial charge in [-0.25, -0.2) is 0 Å². The summed E-state index contributed by atoms with van der Waals surface area (Å²) in [6.07, 6.45) is 2.40. The van der Waals surface area contributed by atoms with Crippen LogP contribution in [0.1, 0.15) is 61.3 Å². The zero-order valence-corrected chi connectivity index (χ0v) is 11.0. The molecule has 14 heavy (non-hydrogen) atoms. The Labute approximate surface area is 90.0 Å². The molecule has 0 N–H and O–H groups in total. The molecule has 0 bridgehead atoms. The fourth-order valence-electron chi connectivity index (χ4n) is 2.12. The predicted molar refractivity (Wildman–Crippen MR) is 66.1 cm³/mol. The second kappa shape index (κ2) is 5.53. The SMILES string of the molecule is CCCC(C)(N=C(C)C)C(C)C(C)C. The van der Waals surface area contributed by atoms with E-state index in [4.69, 9.17) is 4.99 Å². The van der Waals surface area contributed by atoms with Crippen molar-refractivity contribution in [3.8, 4) is 0 Å². The van der Waals surface area contributed by atoms with Crippen LogP contribution in [0.4, 0.5) is 0 Å². The Morgan fingerprint density at radius 1 is 1.21 bits per heavy atom. The van der Waals surface area contributed by atoms with E-state index < -0.39 is 0 Å². The van der Waals surface area contributed by atoms with Crippen molar-refractivity contribution in [2.75, 3.05) is 0 Å². The van der Waals surface area contributed by atoms with E-state index in [2.05, 4.69) is 48.5 Å². The molecule has 1 heteroatoms. The van der Waals surface area contributed by atoms with E-state index in [1.807, 2.05) is 0 Å². The van der Waals surface area contributed by atoms with Crippen molar-refractivity contribution in [1.29, 1.82) is 0 Å². The molecule has 2 atom stereocenters. The lowest BCUT2D eigenvalue weighted by Gasteiger charge is -2.35. The van der Waals surface area contributed by atoms with E-state index in [1.54, 1.807) is 0 Å². The maximum absolute atomic E-state index is 4.84. The quantitative estimate of drug-likeness (QED) is 0.582. The van der Waals surface area contributed by atoms with E-state index in [-0.39, 0.29) is 5.54 Å². The van der Waals surface area contributed by atoms with Gasteiger partial charge in [-0.3, -0.25) is 4.99 Å². The van der Waals surface area contributed by atoms with Crippen LogP contribution in [0.25, 0.3) is 0 Å². The summed E-state index contributed by atoms with van der Waals surface area (Å²) in [6, 6.07) is 0. The first kappa shape index (κ1) is 13.7. The summed E-state index contributed by atoms with van der Waals surface area (Å²) in [5.74, 6) is 1.35. The van der Waals surface area contributed by atoms with Gasteiger partial charge in [-0.1, -0.05) is 34.1 Å². The van der Waals surface area contributed by atoms with Gasteiger partial charge >= 0.3 is 0 Å². The van der Waals surface area contributed by atoms with Crippen molar-refractivity contribution >= 4 is 5.71 Å². The smallest absolute Gasteiger partial charge is 0.0607 e. The average molecular weight is 197 g/mol. The summed E-state index contributed by atoms with van der Waals surface area (Å²) in [7, 11) is 0. The zero-order chi connectivity index (χ0) is 11.4. The molecule has 0 radical (unpaired) electrons. The van der Waals surface area contributed by atoms with Crippen LogP contribution in [0.3, 0.4) is 0 Å². The lowest BCUT2D eigenvalue weighted by molar-refractivity contribution is 0.233. The molecule has 0 rings (SSSR count). The third-order valence-corrected chi connectivity index (χ3v) is 3.22. The molecule has 0 aromatic rings. The molecule has 0 spiro atoms. The van der Waals surface area contributed by atoms with Gasteiger partial charge in [-0.2, -0.15) is 0 Å². The number of rotatable bonds is 5. The second-order valence-corrected chi connectivity index (χ2v) is 5.20. The van der Waals surface area contributed by atoms with Crippen LogP contribution in [0, 0.1) is 11.8 Å². The van der Waals surface area contributed by atoms with Crippen LogP contribution in [0.15, 0.2) is 4.99 Å². The number of nitrogens with zero attached hydrogens (tertiary/aromatic N) is 1. The van der Waals surface area contributed by atoms with Crippen LogP contribution in [-0.2, 0) is 0 Å². The third kappa shape index (κ3) is 3.81. The molecular formula is C13H27N. The minimum Gasteiger partial charge on any atom is -0.288 e. The summed E-state index contributed by atoms with van der Waals surface area (Å²) >= 11 is 0. The molecule has 0 saturated carbocycles. The Kier molecular flexibility index (Phi) is 5.40. The number of hydrogen-bond acceptors (Lipinski definition) is 1. The highest BCUT2D eigenvalue weighted by molar-refractivity contribution is 5.79. The van der Waals surface area contributed by atoms with E-state index in [0.717, 1.165) is 0 Å². The molecule has 0 aliphatic rings. The third-order valence-electron chi connectivity index (χ3n) is 3.22. The first-order valence-electron chi connectivity index (χ1n) is 5.86. The van der Waals surface area contributed by atoms with Gasteiger partial charge in [0.05, 0.1) is 5.54 Å². The van der Waals surface area contributed by atoms with Crippen molar-refractivity contribution < 1.29 is 0 Å². The Balaban J connectivity index is 4.79. The number of aliphatic imine (C=N–C) groups is 1. The van der Waals surface area contributed by atoms with E-state index in [9.17, 15) is 0 Å². The maximum atomic E-state index is 4.84. The molecular weight excluding hydrogens is 170 g/mol. The molecule has 0 aromatic carbocycles. The Morgan fingerprint density at radius 3 is 2.00 bits per heavy atom. The minimum atomic E-state index is 0.141. The molecule has 84 valence electrons. The molecule has 1 nitrogen and oxygen atoms in total. The fourth-order valence-corrected chi connectivity index (χ4v) is 2.12. The summed E-state index contributed by atoms with van der Waals surface area (Å²) in [5, 5.41) is 0. The van der Waals surface area contributed by atoms with E-state index in [0.29, 0.717) is 11.8 Å². The average Bonchev–Trinajstić information content (AvgIpc) is 2.01. The van der Waals surface area contributed by atoms with Gasteiger partial charge < -0.3 is 0 Å². The van der Waals surface area contributed by atoms with Gasteiger partial charge in [0.1, 0.15) is 0 Å². The highest BCUT2D eigenvalue weighted by Crippen LogP contribution is 2.32. The molecule has 0 amide bonds. The van der Waals surface area contributed by atoms with Gasteiger partial charge in [-0.05, 0) is 39.0 Å². The molecule has 0 fully saturated rings. The highest BCUT2D eigenvalue weighted by Gasteiger charge is 2.31. The van der Waals surface area contributed by atoms with Gasteiger partial charge in [0.25, 0.3) is 0 Å². The summed E-state index contributed by atoms with van der Waals surface area (Å²) in [4.78, 5) is 4.84. The zero-order valence-electron chi connectivity index (χ0n) is 11.0. The normalized spacial score (nSPS) is 17.7. The van der Waals surface area contributed by atoms with Crippen molar-refractivity contribution in [1.82, 2.24) is 0 Å². The second-order valence-electron chi connectivity index (χ2n) is 5.20. The molecule has 2 unspecified atom stereocenters. The topological polar surface area (TPSA) is 12.4 Å². The Bertz CT molecular complexity index is 189. The number of hydrogen-bond donors (Lipinski definition) is 0. The molecule has 0 saturated heterocycles. The molecule has 0 aliphatic carbocycles. The van der Waals surface area contributed by atoms with E-state index in [1.165, 1.54) is 18.6 Å². The summed E-state index contributed by atoms with van der Waals surface area (Å²) < 4.78 is 0.